The lowest BCUT2D eigenvalue weighted by atomic mass is 11.0. The Labute approximate surface area is 65.1 Å². The topological polar surface area (TPSA) is 3.88 Å². The summed E-state index contributed by atoms with van der Waals surface area (Å²) in [5.41, 5.74) is 1.96. The van der Waals surface area contributed by atoms with E-state index in [1.165, 1.54) is 0 Å². The minimum absolute atomic E-state index is 0. The zero-order valence-electron chi connectivity index (χ0n) is 3.34. The van der Waals surface area contributed by atoms with Gasteiger partial charge in [0.1, 0.15) is 0 Å². The van der Waals surface area contributed by atoms with Crippen LogP contribution in [0.4, 0.5) is 0 Å². The van der Waals surface area contributed by atoms with Crippen LogP contribution in [0.25, 0.3) is 0 Å². The number of nitrogens with zero attached hydrogens (tertiary/aromatic N) is 1. The van der Waals surface area contributed by atoms with Crippen molar-refractivity contribution >= 4 is 27.5 Å². The van der Waals surface area contributed by atoms with Crippen molar-refractivity contribution in [3.63, 3.8) is 0 Å². The van der Waals surface area contributed by atoms with E-state index in [2.05, 4.69) is 16.1 Å². The fraction of sp³-hybridized carbons (Fsp3) is 0. The highest BCUT2D eigenvalue weighted by atomic mass is 79.9. The second kappa shape index (κ2) is 3.57. The molecule has 0 bridgehead atoms. The summed E-state index contributed by atoms with van der Waals surface area (Å²) in [7, 11) is 0. The van der Waals surface area contributed by atoms with Crippen LogP contribution >= 0.6 is 27.5 Å². The number of rotatable bonds is 0. The van der Waals surface area contributed by atoms with Crippen LogP contribution in [0.1, 0.15) is 0 Å². The monoisotopic (exact) mass is 243 g/mol. The zero-order valence-corrected chi connectivity index (χ0v) is 7.33. The van der Waals surface area contributed by atoms with Crippen molar-refractivity contribution < 1.29 is 20.6 Å². The molecule has 0 spiro atoms. The van der Waals surface area contributed by atoms with Crippen LogP contribution in [0.5, 0.6) is 0 Å². The third-order valence-corrected chi connectivity index (χ3v) is 1.78. The molecule has 1 aromatic rings. The van der Waals surface area contributed by atoms with Crippen molar-refractivity contribution in [1.82, 2.24) is 0 Å². The van der Waals surface area contributed by atoms with Crippen molar-refractivity contribution in [1.29, 1.82) is 0 Å². The summed E-state index contributed by atoms with van der Waals surface area (Å²) < 4.78 is 1.83. The molecule has 1 rings (SSSR count). The molecular formula is C3H3Br2NS. The minimum atomic E-state index is 0. The molecule has 0 atom stereocenters. The molecule has 1 heterocycles. The van der Waals surface area contributed by atoms with E-state index in [9.17, 15) is 0 Å². The predicted octanol–water partition coefficient (Wildman–Crippen LogP) is -1.80. The lowest BCUT2D eigenvalue weighted by Crippen LogP contribution is -3.00. The quantitative estimate of drug-likeness (QED) is 0.507. The second-order valence-electron chi connectivity index (χ2n) is 0.871. The Balaban J connectivity index is 0.000000360. The number of hydrogen-bond acceptors (Lipinski definition) is 1. The number of thiazole rings is 1. The van der Waals surface area contributed by atoms with E-state index in [-0.39, 0.29) is 17.0 Å². The maximum absolute atomic E-state index is 3.21. The Kier molecular flexibility index (Phi) is 3.88. The van der Waals surface area contributed by atoms with Gasteiger partial charge in [-0.1, -0.05) is 11.3 Å². The molecule has 0 aromatic carbocycles. The summed E-state index contributed by atoms with van der Waals surface area (Å²) in [4.78, 5) is 0. The Bertz CT molecular complexity index is 116. The lowest BCUT2D eigenvalue weighted by molar-refractivity contribution is -0.467. The van der Waals surface area contributed by atoms with Crippen molar-refractivity contribution in [3.05, 3.63) is 17.1 Å². The van der Waals surface area contributed by atoms with Gasteiger partial charge in [-0.25, -0.2) is 0 Å². The first-order valence-corrected chi connectivity index (χ1v) is 3.14. The van der Waals surface area contributed by atoms with Gasteiger partial charge >= 0.3 is 16.1 Å². The van der Waals surface area contributed by atoms with E-state index in [1.807, 2.05) is 20.7 Å². The molecule has 40 valence electrons. The van der Waals surface area contributed by atoms with E-state index in [0.717, 1.165) is 0 Å². The van der Waals surface area contributed by atoms with Gasteiger partial charge in [0.2, 0.25) is 5.51 Å². The van der Waals surface area contributed by atoms with E-state index in [1.54, 1.807) is 11.3 Å². The van der Waals surface area contributed by atoms with Crippen LogP contribution in [0.3, 0.4) is 0 Å². The summed E-state index contributed by atoms with van der Waals surface area (Å²) in [5, 5.41) is 1.99. The summed E-state index contributed by atoms with van der Waals surface area (Å²) in [5.74, 6) is 0. The molecule has 4 heteroatoms. The molecule has 0 saturated carbocycles. The highest BCUT2D eigenvalue weighted by molar-refractivity contribution is 9.04. The molecule has 0 unspecified atom stereocenters. The molecule has 0 radical (unpaired) electrons. The third-order valence-electron chi connectivity index (χ3n) is 0.443. The fourth-order valence-corrected chi connectivity index (χ4v) is 1.24. The number of aromatic nitrogens is 1. The van der Waals surface area contributed by atoms with Gasteiger partial charge in [0.25, 0.3) is 0 Å². The Morgan fingerprint density at radius 1 is 1.57 bits per heavy atom. The van der Waals surface area contributed by atoms with Crippen LogP contribution in [0.2, 0.25) is 0 Å². The first-order valence-electron chi connectivity index (χ1n) is 1.49. The van der Waals surface area contributed by atoms with E-state index in [4.69, 9.17) is 0 Å². The van der Waals surface area contributed by atoms with E-state index < -0.39 is 0 Å². The number of hydrogen-bond donors (Lipinski definition) is 0. The molecule has 7 heavy (non-hydrogen) atoms. The molecule has 0 aliphatic rings. The minimum Gasteiger partial charge on any atom is -1.00 e. The van der Waals surface area contributed by atoms with Gasteiger partial charge in [0, 0.05) is 0 Å². The Hall–Kier alpha value is 0.590. The van der Waals surface area contributed by atoms with E-state index >= 15 is 0 Å². The molecule has 0 aliphatic heterocycles. The largest absolute Gasteiger partial charge is 1.00 e. The highest BCUT2D eigenvalue weighted by Gasteiger charge is 1.86. The maximum atomic E-state index is 3.21. The summed E-state index contributed by atoms with van der Waals surface area (Å²) in [6, 6.07) is 0. The smallest absolute Gasteiger partial charge is 0.332 e. The summed E-state index contributed by atoms with van der Waals surface area (Å²) in [6.07, 6.45) is 1.94. The van der Waals surface area contributed by atoms with Crippen LogP contribution < -0.4 is 20.6 Å². The Morgan fingerprint density at radius 2 is 2.29 bits per heavy atom. The SMILES string of the molecule is Br[n+]1ccsc1.[Br-]. The lowest BCUT2D eigenvalue weighted by Gasteiger charge is -1.55. The molecule has 0 saturated heterocycles. The summed E-state index contributed by atoms with van der Waals surface area (Å²) >= 11 is 4.86. The molecular weight excluding hydrogens is 242 g/mol. The molecule has 0 amide bonds. The van der Waals surface area contributed by atoms with Crippen molar-refractivity contribution in [3.8, 4) is 0 Å². The van der Waals surface area contributed by atoms with Gasteiger partial charge in [0.05, 0.1) is 5.38 Å². The average molecular weight is 245 g/mol. The maximum Gasteiger partial charge on any atom is 0.332 e. The van der Waals surface area contributed by atoms with Crippen molar-refractivity contribution in [2.45, 2.75) is 0 Å². The van der Waals surface area contributed by atoms with Crippen molar-refractivity contribution in [2.75, 3.05) is 0 Å². The second-order valence-corrected chi connectivity index (χ2v) is 2.45. The van der Waals surface area contributed by atoms with Crippen LogP contribution in [0.15, 0.2) is 17.1 Å². The third kappa shape index (κ3) is 2.41. The molecule has 1 nitrogen and oxygen atoms in total. The van der Waals surface area contributed by atoms with Gasteiger partial charge in [-0.3, -0.25) is 0 Å². The van der Waals surface area contributed by atoms with E-state index in [0.29, 0.717) is 0 Å². The van der Waals surface area contributed by atoms with Gasteiger partial charge in [-0.05, 0) is 0 Å². The zero-order chi connectivity index (χ0) is 4.41. The first-order chi connectivity index (χ1) is 2.89. The molecule has 0 aliphatic carbocycles. The number of halogens is 2. The van der Waals surface area contributed by atoms with Gasteiger partial charge < -0.3 is 17.0 Å². The average Bonchev–Trinajstić information content (AvgIpc) is 1.86. The first kappa shape index (κ1) is 7.59. The summed E-state index contributed by atoms with van der Waals surface area (Å²) in [6.45, 7) is 0. The van der Waals surface area contributed by atoms with Crippen LogP contribution in [-0.2, 0) is 0 Å². The van der Waals surface area contributed by atoms with Gasteiger partial charge in [-0.2, -0.15) is 0 Å². The fourth-order valence-electron chi connectivity index (χ4n) is 0.222. The predicted molar refractivity (Wildman–Crippen MR) is 28.8 cm³/mol. The normalized spacial score (nSPS) is 7.57. The standard InChI is InChI=1S/C3H3BrNS.BrH/c4-5-1-2-6-3-5;/h1-3H;1H/q+1;/p-1. The molecule has 1 aromatic heterocycles. The Morgan fingerprint density at radius 3 is 2.43 bits per heavy atom. The molecule has 0 N–H and O–H groups in total. The molecule has 0 fully saturated rings. The van der Waals surface area contributed by atoms with Gasteiger partial charge in [-0.15, -0.1) is 3.59 Å². The highest BCUT2D eigenvalue weighted by Crippen LogP contribution is 1.87. The van der Waals surface area contributed by atoms with Crippen molar-refractivity contribution in [2.24, 2.45) is 0 Å². The van der Waals surface area contributed by atoms with Crippen LogP contribution in [0, 0.1) is 0 Å². The van der Waals surface area contributed by atoms with Crippen LogP contribution in [-0.4, -0.2) is 0 Å². The van der Waals surface area contributed by atoms with Gasteiger partial charge in [0.15, 0.2) is 6.20 Å².